The standard InChI is InChI=1S/C14H15N4O2P/c19-14(16-12-7-2-1-3-8-12)18-21(20)15-10-11-6-4-5-9-13(11)17-21/h1-9H,10H2,(H4,15,16,17,18,19,20). The Bertz CT molecular complexity index is 705. The Labute approximate surface area is 122 Å². The van der Waals surface area contributed by atoms with Crippen LogP contribution in [0.3, 0.4) is 0 Å². The highest BCUT2D eigenvalue weighted by Gasteiger charge is 2.29. The number of carbonyl (C=O) groups excluding carboxylic acids is 1. The van der Waals surface area contributed by atoms with Gasteiger partial charge in [-0.15, -0.1) is 0 Å². The molecule has 7 heteroatoms. The summed E-state index contributed by atoms with van der Waals surface area (Å²) in [5.41, 5.74) is 2.41. The number of amides is 2. The van der Waals surface area contributed by atoms with Crippen molar-refractivity contribution < 1.29 is 9.36 Å². The van der Waals surface area contributed by atoms with Gasteiger partial charge in [0.05, 0.1) is 0 Å². The Morgan fingerprint density at radius 1 is 1.05 bits per heavy atom. The molecule has 0 saturated heterocycles. The van der Waals surface area contributed by atoms with Crippen LogP contribution in [-0.4, -0.2) is 6.03 Å². The van der Waals surface area contributed by atoms with Crippen LogP contribution in [0.5, 0.6) is 0 Å². The molecular weight excluding hydrogens is 287 g/mol. The molecule has 2 aromatic rings. The average molecular weight is 302 g/mol. The quantitative estimate of drug-likeness (QED) is 0.642. The SMILES string of the molecule is O=C(Nc1ccccc1)NP1(=O)NCc2ccccc2N1. The monoisotopic (exact) mass is 302 g/mol. The molecule has 0 spiro atoms. The number of fused-ring (bicyclic) bond motifs is 1. The summed E-state index contributed by atoms with van der Waals surface area (Å²) >= 11 is 0. The van der Waals surface area contributed by atoms with Gasteiger partial charge >= 0.3 is 13.6 Å². The van der Waals surface area contributed by atoms with E-state index in [1.165, 1.54) is 0 Å². The van der Waals surface area contributed by atoms with Crippen LogP contribution in [0.15, 0.2) is 54.6 Å². The van der Waals surface area contributed by atoms with Crippen LogP contribution in [0.4, 0.5) is 16.2 Å². The van der Waals surface area contributed by atoms with Gasteiger partial charge in [-0.05, 0) is 23.8 Å². The zero-order chi connectivity index (χ0) is 14.7. The van der Waals surface area contributed by atoms with Crippen LogP contribution in [0.2, 0.25) is 0 Å². The van der Waals surface area contributed by atoms with Crippen LogP contribution in [0.1, 0.15) is 5.56 Å². The third kappa shape index (κ3) is 3.24. The lowest BCUT2D eigenvalue weighted by atomic mass is 10.2. The molecule has 3 rings (SSSR count). The number of para-hydroxylation sites is 2. The number of benzene rings is 2. The molecule has 108 valence electrons. The summed E-state index contributed by atoms with van der Waals surface area (Å²) in [5.74, 6) is 0. The lowest BCUT2D eigenvalue weighted by Gasteiger charge is -2.28. The van der Waals surface area contributed by atoms with Crippen LogP contribution >= 0.6 is 7.59 Å². The number of carbonyl (C=O) groups is 1. The maximum absolute atomic E-state index is 12.6. The maximum atomic E-state index is 12.6. The van der Waals surface area contributed by atoms with E-state index in [1.54, 1.807) is 12.1 Å². The molecule has 0 aliphatic carbocycles. The molecule has 1 unspecified atom stereocenters. The fourth-order valence-electron chi connectivity index (χ4n) is 2.08. The molecule has 2 aromatic carbocycles. The molecule has 4 N–H and O–H groups in total. The molecule has 0 aromatic heterocycles. The van der Waals surface area contributed by atoms with Crippen molar-refractivity contribution in [2.24, 2.45) is 0 Å². The van der Waals surface area contributed by atoms with Gasteiger partial charge in [0.1, 0.15) is 0 Å². The van der Waals surface area contributed by atoms with E-state index in [0.717, 1.165) is 11.3 Å². The Morgan fingerprint density at radius 2 is 1.76 bits per heavy atom. The van der Waals surface area contributed by atoms with Crippen LogP contribution in [-0.2, 0) is 11.1 Å². The van der Waals surface area contributed by atoms with E-state index >= 15 is 0 Å². The highest BCUT2D eigenvalue weighted by Crippen LogP contribution is 2.42. The molecule has 21 heavy (non-hydrogen) atoms. The van der Waals surface area contributed by atoms with Gasteiger partial charge in [-0.1, -0.05) is 36.4 Å². The highest BCUT2D eigenvalue weighted by molar-refractivity contribution is 7.62. The third-order valence-electron chi connectivity index (χ3n) is 3.08. The fraction of sp³-hybridized carbons (Fsp3) is 0.0714. The van der Waals surface area contributed by atoms with Crippen LogP contribution in [0, 0.1) is 0 Å². The third-order valence-corrected chi connectivity index (χ3v) is 4.76. The normalized spacial score (nSPS) is 20.0. The van der Waals surface area contributed by atoms with Crippen molar-refractivity contribution in [1.29, 1.82) is 0 Å². The lowest BCUT2D eigenvalue weighted by Crippen LogP contribution is -2.36. The Morgan fingerprint density at radius 3 is 2.57 bits per heavy atom. The van der Waals surface area contributed by atoms with E-state index in [9.17, 15) is 9.36 Å². The Kier molecular flexibility index (Phi) is 3.64. The summed E-state index contributed by atoms with van der Waals surface area (Å²) in [5, 5.41) is 10.8. The first-order chi connectivity index (χ1) is 10.1. The molecule has 1 heterocycles. The van der Waals surface area contributed by atoms with Crippen molar-refractivity contribution >= 4 is 25.0 Å². The van der Waals surface area contributed by atoms with Crippen molar-refractivity contribution in [2.75, 3.05) is 10.4 Å². The summed E-state index contributed by atoms with van der Waals surface area (Å²) in [7, 11) is -3.20. The van der Waals surface area contributed by atoms with E-state index in [1.807, 2.05) is 42.5 Å². The molecule has 0 bridgehead atoms. The van der Waals surface area contributed by atoms with E-state index in [2.05, 4.69) is 20.6 Å². The second-order valence-corrected chi connectivity index (χ2v) is 6.63. The predicted octanol–water partition coefficient (Wildman–Crippen LogP) is 3.13. The Hall–Kier alpha value is -2.30. The van der Waals surface area contributed by atoms with Crippen LogP contribution < -0.4 is 20.6 Å². The van der Waals surface area contributed by atoms with Gasteiger partial charge in [-0.3, -0.25) is 9.65 Å². The maximum Gasteiger partial charge on any atom is 0.331 e. The summed E-state index contributed by atoms with van der Waals surface area (Å²) < 4.78 is 12.6. The predicted molar refractivity (Wildman–Crippen MR) is 83.1 cm³/mol. The van der Waals surface area contributed by atoms with Gasteiger partial charge in [-0.2, -0.15) is 0 Å². The largest absolute Gasteiger partial charge is 0.331 e. The first-order valence-electron chi connectivity index (χ1n) is 6.50. The fourth-order valence-corrected chi connectivity index (χ4v) is 3.59. The molecular formula is C14H15N4O2P. The zero-order valence-corrected chi connectivity index (χ0v) is 12.1. The second-order valence-electron chi connectivity index (χ2n) is 4.65. The number of nitrogens with one attached hydrogen (secondary N) is 4. The molecule has 0 saturated carbocycles. The number of rotatable bonds is 2. The van der Waals surface area contributed by atoms with Gasteiger partial charge in [0.25, 0.3) is 0 Å². The van der Waals surface area contributed by atoms with Crippen molar-refractivity contribution in [3.05, 3.63) is 60.2 Å². The van der Waals surface area contributed by atoms with Crippen LogP contribution in [0.25, 0.3) is 0 Å². The second kappa shape index (κ2) is 5.60. The van der Waals surface area contributed by atoms with Gasteiger partial charge < -0.3 is 10.4 Å². The van der Waals surface area contributed by atoms with E-state index in [0.29, 0.717) is 12.2 Å². The summed E-state index contributed by atoms with van der Waals surface area (Å²) in [6, 6.07) is 16.0. The smallest absolute Gasteiger partial charge is 0.308 e. The average Bonchev–Trinajstić information content (AvgIpc) is 2.47. The highest BCUT2D eigenvalue weighted by atomic mass is 31.2. The molecule has 2 amide bonds. The molecule has 1 aliphatic rings. The number of anilines is 2. The number of urea groups is 1. The molecule has 0 radical (unpaired) electrons. The van der Waals surface area contributed by atoms with Gasteiger partial charge in [0.15, 0.2) is 0 Å². The van der Waals surface area contributed by atoms with Crippen molar-refractivity contribution in [2.45, 2.75) is 6.54 Å². The molecule has 1 atom stereocenters. The van der Waals surface area contributed by atoms with Crippen molar-refractivity contribution in [3.8, 4) is 0 Å². The van der Waals surface area contributed by atoms with E-state index in [-0.39, 0.29) is 0 Å². The minimum absolute atomic E-state index is 0.437. The number of hydrogen-bond donors (Lipinski definition) is 4. The summed E-state index contributed by atoms with van der Waals surface area (Å²) in [4.78, 5) is 11.9. The van der Waals surface area contributed by atoms with E-state index in [4.69, 9.17) is 0 Å². The molecule has 6 nitrogen and oxygen atoms in total. The van der Waals surface area contributed by atoms with E-state index < -0.39 is 13.6 Å². The lowest BCUT2D eigenvalue weighted by molar-refractivity contribution is 0.256. The van der Waals surface area contributed by atoms with Crippen molar-refractivity contribution in [3.63, 3.8) is 0 Å². The van der Waals surface area contributed by atoms with Crippen molar-refractivity contribution in [1.82, 2.24) is 10.2 Å². The number of hydrogen-bond acceptors (Lipinski definition) is 2. The first-order valence-corrected chi connectivity index (χ1v) is 8.21. The summed E-state index contributed by atoms with van der Waals surface area (Å²) in [6.07, 6.45) is 0. The van der Waals surface area contributed by atoms with Gasteiger partial charge in [-0.25, -0.2) is 9.88 Å². The zero-order valence-electron chi connectivity index (χ0n) is 11.2. The topological polar surface area (TPSA) is 82.3 Å². The Balaban J connectivity index is 1.68. The first kappa shape index (κ1) is 13.7. The minimum atomic E-state index is -3.20. The molecule has 0 fully saturated rings. The molecule has 1 aliphatic heterocycles. The van der Waals surface area contributed by atoms with Gasteiger partial charge in [0, 0.05) is 17.9 Å². The van der Waals surface area contributed by atoms with Gasteiger partial charge in [0.2, 0.25) is 0 Å². The minimum Gasteiger partial charge on any atom is -0.308 e. The summed E-state index contributed by atoms with van der Waals surface area (Å²) in [6.45, 7) is 0.437.